The molecule has 4 rings (SSSR count). The van der Waals surface area contributed by atoms with Crippen molar-refractivity contribution in [1.29, 1.82) is 0 Å². The van der Waals surface area contributed by atoms with E-state index in [0.29, 0.717) is 25.5 Å². The molecule has 6 nitrogen and oxygen atoms in total. The third-order valence-electron chi connectivity index (χ3n) is 4.97. The van der Waals surface area contributed by atoms with Crippen LogP contribution in [0.25, 0.3) is 0 Å². The number of benzene rings is 2. The lowest BCUT2D eigenvalue weighted by molar-refractivity contribution is 0.108. The van der Waals surface area contributed by atoms with E-state index in [2.05, 4.69) is 9.80 Å². The van der Waals surface area contributed by atoms with Gasteiger partial charge in [-0.2, -0.15) is 0 Å². The summed E-state index contributed by atoms with van der Waals surface area (Å²) in [6, 6.07) is 13.0. The van der Waals surface area contributed by atoms with Crippen LogP contribution in [0.4, 0.5) is 5.69 Å². The van der Waals surface area contributed by atoms with Crippen LogP contribution in [0.2, 0.25) is 0 Å². The summed E-state index contributed by atoms with van der Waals surface area (Å²) in [5.41, 5.74) is 1.98. The lowest BCUT2D eigenvalue weighted by Crippen LogP contribution is -2.47. The number of aromatic hydroxyl groups is 1. The van der Waals surface area contributed by atoms with Crippen LogP contribution in [0, 0.1) is 0 Å². The molecule has 2 aromatic rings. The van der Waals surface area contributed by atoms with E-state index in [4.69, 9.17) is 9.47 Å². The Balaban J connectivity index is 1.33. The molecule has 0 spiro atoms. The van der Waals surface area contributed by atoms with Crippen molar-refractivity contribution >= 4 is 5.69 Å². The normalized spacial score (nSPS) is 18.6. The lowest BCUT2D eigenvalue weighted by Gasteiger charge is -2.37. The molecule has 2 aliphatic rings. The van der Waals surface area contributed by atoms with Crippen LogP contribution in [0.1, 0.15) is 11.7 Å². The van der Waals surface area contributed by atoms with Gasteiger partial charge in [-0.25, -0.2) is 0 Å². The molecule has 2 aromatic carbocycles. The summed E-state index contributed by atoms with van der Waals surface area (Å²) in [4.78, 5) is 4.57. The molecule has 0 amide bonds. The molecule has 138 valence electrons. The summed E-state index contributed by atoms with van der Waals surface area (Å²) in [6.07, 6.45) is -0.550. The van der Waals surface area contributed by atoms with Crippen molar-refractivity contribution in [3.05, 3.63) is 48.0 Å². The molecule has 0 aliphatic carbocycles. The van der Waals surface area contributed by atoms with Gasteiger partial charge in [0.15, 0.2) is 11.5 Å². The number of phenols is 1. The molecular formula is C20H24N2O4. The zero-order valence-corrected chi connectivity index (χ0v) is 14.7. The number of nitrogens with zero attached hydrogens (tertiary/aromatic N) is 2. The van der Waals surface area contributed by atoms with Crippen molar-refractivity contribution in [2.45, 2.75) is 6.10 Å². The summed E-state index contributed by atoms with van der Waals surface area (Å²) < 4.78 is 11.1. The predicted molar refractivity (Wildman–Crippen MR) is 99.2 cm³/mol. The first-order valence-corrected chi connectivity index (χ1v) is 9.03. The molecule has 0 radical (unpaired) electrons. The van der Waals surface area contributed by atoms with Crippen LogP contribution in [-0.4, -0.2) is 61.1 Å². The van der Waals surface area contributed by atoms with E-state index in [1.54, 1.807) is 12.1 Å². The van der Waals surface area contributed by atoms with E-state index in [1.165, 1.54) is 0 Å². The first-order valence-electron chi connectivity index (χ1n) is 9.03. The van der Waals surface area contributed by atoms with Crippen molar-refractivity contribution in [2.75, 3.05) is 50.8 Å². The van der Waals surface area contributed by atoms with Gasteiger partial charge < -0.3 is 24.6 Å². The summed E-state index contributed by atoms with van der Waals surface area (Å²) in [5, 5.41) is 20.0. The van der Waals surface area contributed by atoms with Crippen LogP contribution in [0.3, 0.4) is 0 Å². The van der Waals surface area contributed by atoms with Gasteiger partial charge in [-0.3, -0.25) is 4.90 Å². The minimum atomic E-state index is -0.550. The van der Waals surface area contributed by atoms with Crippen LogP contribution in [0.5, 0.6) is 17.2 Å². The Hall–Kier alpha value is -2.44. The van der Waals surface area contributed by atoms with Gasteiger partial charge in [-0.05, 0) is 42.0 Å². The van der Waals surface area contributed by atoms with Crippen molar-refractivity contribution in [1.82, 2.24) is 4.90 Å². The van der Waals surface area contributed by atoms with Crippen LogP contribution in [0.15, 0.2) is 42.5 Å². The van der Waals surface area contributed by atoms with Gasteiger partial charge in [-0.15, -0.1) is 0 Å². The highest BCUT2D eigenvalue weighted by Gasteiger charge is 2.21. The van der Waals surface area contributed by atoms with Crippen LogP contribution in [-0.2, 0) is 0 Å². The second-order valence-electron chi connectivity index (χ2n) is 6.72. The van der Waals surface area contributed by atoms with Gasteiger partial charge in [0, 0.05) is 38.4 Å². The Bertz CT molecular complexity index is 742. The number of piperazine rings is 1. The van der Waals surface area contributed by atoms with Gasteiger partial charge >= 0.3 is 0 Å². The summed E-state index contributed by atoms with van der Waals surface area (Å²) in [7, 11) is 0. The van der Waals surface area contributed by atoms with E-state index in [1.807, 2.05) is 30.3 Å². The highest BCUT2D eigenvalue weighted by molar-refractivity contribution is 5.49. The molecule has 0 saturated carbocycles. The Labute approximate surface area is 153 Å². The Morgan fingerprint density at radius 2 is 1.58 bits per heavy atom. The highest BCUT2D eigenvalue weighted by atomic mass is 16.6. The number of β-amino-alcohol motifs (C(OH)–C–C–N with tert-alkyl or cyclic N) is 1. The monoisotopic (exact) mass is 356 g/mol. The lowest BCUT2D eigenvalue weighted by atomic mass is 10.1. The molecule has 0 unspecified atom stereocenters. The van der Waals surface area contributed by atoms with E-state index in [0.717, 1.165) is 43.2 Å². The number of phenolic OH excluding ortho intramolecular Hbond substituents is 1. The highest BCUT2D eigenvalue weighted by Crippen LogP contribution is 2.33. The van der Waals surface area contributed by atoms with E-state index in [-0.39, 0.29) is 5.75 Å². The molecule has 26 heavy (non-hydrogen) atoms. The molecule has 0 aromatic heterocycles. The number of fused-ring (bicyclic) bond motifs is 1. The maximum Gasteiger partial charge on any atom is 0.161 e. The van der Waals surface area contributed by atoms with E-state index in [9.17, 15) is 10.2 Å². The summed E-state index contributed by atoms with van der Waals surface area (Å²) in [6.45, 7) is 5.30. The van der Waals surface area contributed by atoms with Crippen molar-refractivity contribution in [2.24, 2.45) is 0 Å². The van der Waals surface area contributed by atoms with E-state index < -0.39 is 6.10 Å². The van der Waals surface area contributed by atoms with Crippen molar-refractivity contribution in [3.8, 4) is 17.2 Å². The molecular weight excluding hydrogens is 332 g/mol. The van der Waals surface area contributed by atoms with Gasteiger partial charge in [0.2, 0.25) is 0 Å². The zero-order chi connectivity index (χ0) is 17.9. The molecule has 2 aliphatic heterocycles. The number of aliphatic hydroxyl groups is 1. The van der Waals surface area contributed by atoms with Crippen LogP contribution < -0.4 is 14.4 Å². The minimum absolute atomic E-state index is 0.287. The number of ether oxygens (including phenoxy) is 2. The largest absolute Gasteiger partial charge is 0.508 e. The molecule has 1 fully saturated rings. The smallest absolute Gasteiger partial charge is 0.161 e. The predicted octanol–water partition coefficient (Wildman–Crippen LogP) is 2.02. The fourth-order valence-electron chi connectivity index (χ4n) is 3.47. The zero-order valence-electron chi connectivity index (χ0n) is 14.7. The Morgan fingerprint density at radius 1 is 0.885 bits per heavy atom. The van der Waals surface area contributed by atoms with Crippen molar-refractivity contribution in [3.63, 3.8) is 0 Å². The maximum absolute atomic E-state index is 10.6. The fourth-order valence-corrected chi connectivity index (χ4v) is 3.47. The first kappa shape index (κ1) is 17.0. The maximum atomic E-state index is 10.6. The number of rotatable bonds is 4. The van der Waals surface area contributed by atoms with Crippen molar-refractivity contribution < 1.29 is 19.7 Å². The molecule has 1 atom stereocenters. The number of aliphatic hydroxyl groups excluding tert-OH is 1. The van der Waals surface area contributed by atoms with Crippen LogP contribution >= 0.6 is 0 Å². The number of anilines is 1. The van der Waals surface area contributed by atoms with Gasteiger partial charge in [-0.1, -0.05) is 6.07 Å². The third kappa shape index (κ3) is 3.71. The summed E-state index contributed by atoms with van der Waals surface area (Å²) in [5.74, 6) is 1.74. The standard InChI is InChI=1S/C20H24N2O4/c23-17-4-2-16(3-5-17)22-9-7-21(8-10-22)14-18(24)15-1-6-19-20(13-15)26-12-11-25-19/h1-6,13,18,23-24H,7-12,14H2/t18-/m0/s1. The second kappa shape index (κ2) is 7.43. The molecule has 1 saturated heterocycles. The quantitative estimate of drug-likeness (QED) is 0.874. The molecule has 2 N–H and O–H groups in total. The number of hydrogen-bond acceptors (Lipinski definition) is 6. The van der Waals surface area contributed by atoms with Gasteiger partial charge in [0.1, 0.15) is 19.0 Å². The Kier molecular flexibility index (Phi) is 4.86. The van der Waals surface area contributed by atoms with E-state index >= 15 is 0 Å². The minimum Gasteiger partial charge on any atom is -0.508 e. The molecule has 2 heterocycles. The SMILES string of the molecule is Oc1ccc(N2CCN(C[C@H](O)c3ccc4c(c3)OCCO4)CC2)cc1. The molecule has 6 heteroatoms. The first-order chi connectivity index (χ1) is 12.7. The third-order valence-corrected chi connectivity index (χ3v) is 4.97. The average Bonchev–Trinajstić information content (AvgIpc) is 2.69. The van der Waals surface area contributed by atoms with Gasteiger partial charge in [0.25, 0.3) is 0 Å². The topological polar surface area (TPSA) is 65.4 Å². The average molecular weight is 356 g/mol. The van der Waals surface area contributed by atoms with Gasteiger partial charge in [0.05, 0.1) is 6.10 Å². The number of hydrogen-bond donors (Lipinski definition) is 2. The fraction of sp³-hybridized carbons (Fsp3) is 0.400. The second-order valence-corrected chi connectivity index (χ2v) is 6.72. The Morgan fingerprint density at radius 3 is 2.31 bits per heavy atom. The molecule has 0 bridgehead atoms. The summed E-state index contributed by atoms with van der Waals surface area (Å²) >= 11 is 0.